The summed E-state index contributed by atoms with van der Waals surface area (Å²) in [5.74, 6) is -0.0718. The van der Waals surface area contributed by atoms with E-state index in [1.165, 1.54) is 22.2 Å². The largest absolute Gasteiger partial charge is 0.286 e. The van der Waals surface area contributed by atoms with Crippen molar-refractivity contribution < 1.29 is 4.79 Å². The molecular weight excluding hydrogens is 200 g/mol. The van der Waals surface area contributed by atoms with Gasteiger partial charge < -0.3 is 0 Å². The molecule has 0 spiro atoms. The molecule has 0 amide bonds. The summed E-state index contributed by atoms with van der Waals surface area (Å²) in [4.78, 5) is 16.6. The van der Waals surface area contributed by atoms with Crippen LogP contribution in [0.15, 0.2) is 11.7 Å². The Hall–Kier alpha value is -1.56. The van der Waals surface area contributed by atoms with E-state index in [-0.39, 0.29) is 5.78 Å². The lowest BCUT2D eigenvalue weighted by Crippen LogP contribution is -2.07. The molecule has 2 heterocycles. The summed E-state index contributed by atoms with van der Waals surface area (Å²) in [6.45, 7) is 1.81. The highest BCUT2D eigenvalue weighted by Crippen LogP contribution is 2.16. The molecule has 0 saturated carbocycles. The molecule has 0 unspecified atom stereocenters. The molecule has 0 bridgehead atoms. The minimum Gasteiger partial charge on any atom is -0.286 e. The van der Waals surface area contributed by atoms with E-state index in [2.05, 4.69) is 15.3 Å². The van der Waals surface area contributed by atoms with Crippen LogP contribution in [0.3, 0.4) is 0 Å². The monoisotopic (exact) mass is 208 g/mol. The number of carbonyl (C=O) groups is 1. The number of thiazole rings is 1. The second kappa shape index (κ2) is 3.30. The Balaban J connectivity index is 2.44. The SMILES string of the molecule is Cc1ncsc1C(=O)c1cnnn1C. The molecule has 5 nitrogen and oxygen atoms in total. The van der Waals surface area contributed by atoms with Crippen molar-refractivity contribution in [3.63, 3.8) is 0 Å². The van der Waals surface area contributed by atoms with Crippen LogP contribution in [0.2, 0.25) is 0 Å². The lowest BCUT2D eigenvalue weighted by molar-refractivity contribution is 0.103. The summed E-state index contributed by atoms with van der Waals surface area (Å²) in [5.41, 5.74) is 2.89. The van der Waals surface area contributed by atoms with Gasteiger partial charge in [-0.05, 0) is 6.92 Å². The normalized spacial score (nSPS) is 10.4. The maximum Gasteiger partial charge on any atom is 0.224 e. The van der Waals surface area contributed by atoms with E-state index in [1.54, 1.807) is 12.6 Å². The van der Waals surface area contributed by atoms with E-state index in [1.807, 2.05) is 6.92 Å². The molecule has 0 aliphatic heterocycles. The van der Waals surface area contributed by atoms with Gasteiger partial charge in [-0.1, -0.05) is 5.21 Å². The molecule has 14 heavy (non-hydrogen) atoms. The zero-order valence-corrected chi connectivity index (χ0v) is 8.58. The molecule has 0 atom stereocenters. The Bertz CT molecular complexity index is 431. The number of rotatable bonds is 2. The number of aryl methyl sites for hydroxylation is 2. The number of aromatic nitrogens is 4. The third kappa shape index (κ3) is 1.33. The van der Waals surface area contributed by atoms with E-state index in [0.29, 0.717) is 10.6 Å². The fraction of sp³-hybridized carbons (Fsp3) is 0.250. The van der Waals surface area contributed by atoms with E-state index in [0.717, 1.165) is 5.69 Å². The van der Waals surface area contributed by atoms with Crippen molar-refractivity contribution in [3.8, 4) is 0 Å². The fourth-order valence-electron chi connectivity index (χ4n) is 1.13. The summed E-state index contributed by atoms with van der Waals surface area (Å²) in [7, 11) is 1.69. The molecule has 0 N–H and O–H groups in total. The average molecular weight is 208 g/mol. The van der Waals surface area contributed by atoms with Gasteiger partial charge in [0.15, 0.2) is 0 Å². The van der Waals surface area contributed by atoms with Crippen LogP contribution in [-0.2, 0) is 7.05 Å². The molecule has 0 fully saturated rings. The Morgan fingerprint density at radius 1 is 1.57 bits per heavy atom. The summed E-state index contributed by atoms with van der Waals surface area (Å²) in [6.07, 6.45) is 1.46. The maximum atomic E-state index is 11.9. The first-order valence-corrected chi connectivity index (χ1v) is 4.87. The number of ketones is 1. The summed E-state index contributed by atoms with van der Waals surface area (Å²) in [5, 5.41) is 7.37. The van der Waals surface area contributed by atoms with Crippen molar-refractivity contribution in [1.29, 1.82) is 0 Å². The van der Waals surface area contributed by atoms with Crippen molar-refractivity contribution in [1.82, 2.24) is 20.0 Å². The van der Waals surface area contributed by atoms with Crippen molar-refractivity contribution >= 4 is 17.1 Å². The molecule has 0 saturated heterocycles. The highest BCUT2D eigenvalue weighted by atomic mass is 32.1. The Labute approximate surface area is 84.4 Å². The predicted molar refractivity (Wildman–Crippen MR) is 51.3 cm³/mol. The minimum atomic E-state index is -0.0718. The van der Waals surface area contributed by atoms with Crippen LogP contribution in [0.25, 0.3) is 0 Å². The third-order valence-corrected chi connectivity index (χ3v) is 2.83. The second-order valence-electron chi connectivity index (χ2n) is 2.84. The minimum absolute atomic E-state index is 0.0718. The van der Waals surface area contributed by atoms with Gasteiger partial charge in [-0.3, -0.25) is 4.79 Å². The molecule has 0 aliphatic rings. The lowest BCUT2D eigenvalue weighted by Gasteiger charge is -1.97. The van der Waals surface area contributed by atoms with Crippen molar-refractivity contribution in [2.24, 2.45) is 7.05 Å². The molecule has 2 aromatic heterocycles. The van der Waals surface area contributed by atoms with Gasteiger partial charge in [0.2, 0.25) is 5.78 Å². The Kier molecular flexibility index (Phi) is 2.12. The van der Waals surface area contributed by atoms with Crippen molar-refractivity contribution in [2.45, 2.75) is 6.92 Å². The van der Waals surface area contributed by atoms with E-state index >= 15 is 0 Å². The van der Waals surface area contributed by atoms with E-state index in [4.69, 9.17) is 0 Å². The first-order valence-electron chi connectivity index (χ1n) is 3.99. The molecular formula is C8H8N4OS. The highest BCUT2D eigenvalue weighted by molar-refractivity contribution is 7.12. The molecule has 0 radical (unpaired) electrons. The van der Waals surface area contributed by atoms with Crippen LogP contribution >= 0.6 is 11.3 Å². The molecule has 2 aromatic rings. The van der Waals surface area contributed by atoms with Crippen LogP contribution in [0.4, 0.5) is 0 Å². The van der Waals surface area contributed by atoms with Crippen LogP contribution in [0, 0.1) is 6.92 Å². The van der Waals surface area contributed by atoms with E-state index < -0.39 is 0 Å². The summed E-state index contributed by atoms with van der Waals surface area (Å²) in [6, 6.07) is 0. The predicted octanol–water partition coefficient (Wildman–Crippen LogP) is 0.811. The number of hydrogen-bond acceptors (Lipinski definition) is 5. The fourth-order valence-corrected chi connectivity index (χ4v) is 1.88. The number of hydrogen-bond donors (Lipinski definition) is 0. The molecule has 6 heteroatoms. The van der Waals surface area contributed by atoms with Crippen LogP contribution in [0.1, 0.15) is 21.1 Å². The first-order chi connectivity index (χ1) is 6.70. The Morgan fingerprint density at radius 2 is 2.36 bits per heavy atom. The summed E-state index contributed by atoms with van der Waals surface area (Å²) >= 11 is 1.34. The van der Waals surface area contributed by atoms with Gasteiger partial charge in [0.25, 0.3) is 0 Å². The van der Waals surface area contributed by atoms with Gasteiger partial charge in [0.05, 0.1) is 22.3 Å². The van der Waals surface area contributed by atoms with Gasteiger partial charge in [0.1, 0.15) is 5.69 Å². The standard InChI is InChI=1S/C8H8N4OS/c1-5-8(14-4-9-5)7(13)6-3-10-11-12(6)2/h3-4H,1-2H3. The van der Waals surface area contributed by atoms with E-state index in [9.17, 15) is 4.79 Å². The van der Waals surface area contributed by atoms with Gasteiger partial charge in [-0.2, -0.15) is 0 Å². The quantitative estimate of drug-likeness (QED) is 0.685. The molecule has 0 aliphatic carbocycles. The maximum absolute atomic E-state index is 11.9. The van der Waals surface area contributed by atoms with Gasteiger partial charge in [0, 0.05) is 7.05 Å². The van der Waals surface area contributed by atoms with Gasteiger partial charge >= 0.3 is 0 Å². The number of nitrogens with zero attached hydrogens (tertiary/aromatic N) is 4. The first kappa shape index (κ1) is 9.01. The number of carbonyl (C=O) groups excluding carboxylic acids is 1. The third-order valence-electron chi connectivity index (χ3n) is 1.90. The van der Waals surface area contributed by atoms with Crippen LogP contribution < -0.4 is 0 Å². The second-order valence-corrected chi connectivity index (χ2v) is 3.69. The molecule has 0 aromatic carbocycles. The van der Waals surface area contributed by atoms with Gasteiger partial charge in [-0.15, -0.1) is 16.4 Å². The smallest absolute Gasteiger partial charge is 0.224 e. The lowest BCUT2D eigenvalue weighted by atomic mass is 10.2. The summed E-state index contributed by atoms with van der Waals surface area (Å²) < 4.78 is 1.46. The van der Waals surface area contributed by atoms with Gasteiger partial charge in [-0.25, -0.2) is 9.67 Å². The van der Waals surface area contributed by atoms with Crippen molar-refractivity contribution in [3.05, 3.63) is 28.0 Å². The molecule has 72 valence electrons. The highest BCUT2D eigenvalue weighted by Gasteiger charge is 2.17. The zero-order valence-electron chi connectivity index (χ0n) is 7.76. The van der Waals surface area contributed by atoms with Crippen LogP contribution in [-0.4, -0.2) is 25.8 Å². The van der Waals surface area contributed by atoms with Crippen LogP contribution in [0.5, 0.6) is 0 Å². The average Bonchev–Trinajstić information content (AvgIpc) is 2.73. The van der Waals surface area contributed by atoms with Crippen molar-refractivity contribution in [2.75, 3.05) is 0 Å². The topological polar surface area (TPSA) is 60.7 Å². The zero-order chi connectivity index (χ0) is 10.1. The molecule has 2 rings (SSSR count). The Morgan fingerprint density at radius 3 is 2.86 bits per heavy atom.